The first-order chi connectivity index (χ1) is 25.0. The number of ether oxygens (including phenoxy) is 3. The number of hydrogen-bond acceptors (Lipinski definition) is 8. The van der Waals surface area contributed by atoms with Gasteiger partial charge in [-0.1, -0.05) is 91.5 Å². The first kappa shape index (κ1) is 40.1. The Morgan fingerprint density at radius 3 is 2.48 bits per heavy atom. The normalized spacial score (nSPS) is 28.6. The summed E-state index contributed by atoms with van der Waals surface area (Å²) in [6, 6.07) is 6.69. The molecule has 4 aliphatic rings. The number of allylic oxidation sites excluding steroid dienone is 1. The zero-order valence-electron chi connectivity index (χ0n) is 30.8. The number of carbonyl (C=O) groups is 4. The Morgan fingerprint density at radius 2 is 1.87 bits per heavy atom. The molecule has 1 unspecified atom stereocenters. The van der Waals surface area contributed by atoms with Gasteiger partial charge in [0.15, 0.2) is 0 Å². The molecule has 5 rings (SSSR count). The summed E-state index contributed by atoms with van der Waals surface area (Å²) >= 11 is 3.77. The first-order valence-corrected chi connectivity index (χ1v) is 19.7. The second kappa shape index (κ2) is 17.8. The number of esters is 1. The maximum absolute atomic E-state index is 15.0. The number of rotatable bonds is 18. The highest BCUT2D eigenvalue weighted by atomic mass is 79.9. The number of nitrogens with zero attached hydrogens (tertiary/aromatic N) is 2. The molecule has 0 radical (unpaired) electrons. The Morgan fingerprint density at radius 1 is 1.15 bits per heavy atom. The third-order valence-corrected chi connectivity index (χ3v) is 12.1. The summed E-state index contributed by atoms with van der Waals surface area (Å²) in [5.74, 6) is -3.45. The number of nitrogens with one attached hydrogen (secondary N) is 1. The highest BCUT2D eigenvalue weighted by Gasteiger charge is 2.77. The number of aliphatic hydroxyl groups excluding tert-OH is 1. The summed E-state index contributed by atoms with van der Waals surface area (Å²) in [5, 5.41) is 13.7. The molecule has 4 fully saturated rings. The van der Waals surface area contributed by atoms with E-state index < -0.39 is 53.7 Å². The molecule has 286 valence electrons. The van der Waals surface area contributed by atoms with Crippen LogP contribution in [0.2, 0.25) is 0 Å². The summed E-state index contributed by atoms with van der Waals surface area (Å²) in [6.07, 6.45) is 8.04. The predicted octanol–water partition coefficient (Wildman–Crippen LogP) is 4.87. The number of carbonyl (C=O) groups excluding carboxylic acids is 4. The highest BCUT2D eigenvalue weighted by Crippen LogP contribution is 2.61. The molecule has 3 saturated heterocycles. The zero-order valence-corrected chi connectivity index (χ0v) is 32.4. The Balaban J connectivity index is 1.54. The van der Waals surface area contributed by atoms with Crippen LogP contribution in [-0.4, -0.2) is 106 Å². The predicted molar refractivity (Wildman–Crippen MR) is 200 cm³/mol. The molecule has 2 bridgehead atoms. The Bertz CT molecular complexity index is 1440. The lowest BCUT2D eigenvalue weighted by atomic mass is 9.70. The van der Waals surface area contributed by atoms with E-state index in [2.05, 4.69) is 34.4 Å². The van der Waals surface area contributed by atoms with Crippen molar-refractivity contribution >= 4 is 39.6 Å². The quantitative estimate of drug-likeness (QED) is 0.122. The molecule has 1 spiro atoms. The van der Waals surface area contributed by atoms with E-state index in [0.717, 1.165) is 32.1 Å². The standard InChI is InChI=1S/C40H56BrN3O8/c1-6-8-19-31(46)42-30(24-50-5)34(26-15-11-9-12-16-26)51-39(49)32-33-37(47)44(28(23-45)21-25(3)4)36(40(33)22-29(41)35(32)52-40)38(48)43(20-7-2)27-17-13-10-14-18-27/h6-7,9,11-12,15-16,25,27-30,32-36,45H,1-2,8,10,13-14,17-24H2,3-5H3,(H,42,46)/t28-,29?,30-,32-,33+,34-,35-,36-,40+/m1/s1. The van der Waals surface area contributed by atoms with Crippen LogP contribution in [0.3, 0.4) is 0 Å². The van der Waals surface area contributed by atoms with Gasteiger partial charge in [-0.2, -0.15) is 0 Å². The minimum absolute atomic E-state index is 0.00509. The molecular formula is C40H56BrN3O8. The van der Waals surface area contributed by atoms with Crippen molar-refractivity contribution in [3.63, 3.8) is 0 Å². The summed E-state index contributed by atoms with van der Waals surface area (Å²) in [4.78, 5) is 60.6. The maximum atomic E-state index is 15.0. The number of methoxy groups -OCH3 is 1. The summed E-state index contributed by atoms with van der Waals surface area (Å²) < 4.78 is 18.7. The van der Waals surface area contributed by atoms with Crippen molar-refractivity contribution in [3.8, 4) is 0 Å². The molecule has 3 amide bonds. The second-order valence-corrected chi connectivity index (χ2v) is 16.3. The SMILES string of the molecule is C=CCCC(=O)N[C@H](COC)[C@H](OC(=O)[C@H]1[C@@H]2O[C@@]3(CC2Br)[C@@H]1C(=O)N([C@@H](CO)CC(C)C)[C@@H]3C(=O)N(CC=C)C1CCCCC1)c1ccccc1. The van der Waals surface area contributed by atoms with Gasteiger partial charge in [0.25, 0.3) is 0 Å². The first-order valence-electron chi connectivity index (χ1n) is 18.8. The van der Waals surface area contributed by atoms with Crippen LogP contribution in [0, 0.1) is 17.8 Å². The topological polar surface area (TPSA) is 135 Å². The fourth-order valence-electron chi connectivity index (χ4n) is 9.06. The van der Waals surface area contributed by atoms with Crippen molar-refractivity contribution in [2.24, 2.45) is 17.8 Å². The number of halogens is 1. The molecule has 3 aliphatic heterocycles. The molecule has 12 heteroatoms. The average Bonchev–Trinajstić information content (AvgIpc) is 3.74. The number of aliphatic hydroxyl groups is 1. The summed E-state index contributed by atoms with van der Waals surface area (Å²) in [5.41, 5.74) is -0.671. The van der Waals surface area contributed by atoms with Gasteiger partial charge in [0.1, 0.15) is 17.7 Å². The van der Waals surface area contributed by atoms with Crippen LogP contribution in [0.25, 0.3) is 0 Å². The minimum Gasteiger partial charge on any atom is -0.455 e. The van der Waals surface area contributed by atoms with Crippen LogP contribution >= 0.6 is 15.9 Å². The van der Waals surface area contributed by atoms with E-state index in [1.165, 1.54) is 7.11 Å². The fraction of sp³-hybridized carbons (Fsp3) is 0.650. The molecule has 1 aliphatic carbocycles. The van der Waals surface area contributed by atoms with E-state index in [9.17, 15) is 19.5 Å². The van der Waals surface area contributed by atoms with Crippen LogP contribution in [0.1, 0.15) is 83.3 Å². The number of benzene rings is 1. The van der Waals surface area contributed by atoms with Gasteiger partial charge in [-0.3, -0.25) is 19.2 Å². The Kier molecular flexibility index (Phi) is 13.8. The lowest BCUT2D eigenvalue weighted by Gasteiger charge is -2.42. The van der Waals surface area contributed by atoms with Gasteiger partial charge in [-0.15, -0.1) is 13.2 Å². The number of hydrogen-bond donors (Lipinski definition) is 2. The summed E-state index contributed by atoms with van der Waals surface area (Å²) in [6.45, 7) is 11.7. The number of amides is 3. The lowest BCUT2D eigenvalue weighted by Crippen LogP contribution is -2.60. The third-order valence-electron chi connectivity index (χ3n) is 11.2. The van der Waals surface area contributed by atoms with Gasteiger partial charge < -0.3 is 34.4 Å². The molecule has 3 heterocycles. The highest BCUT2D eigenvalue weighted by molar-refractivity contribution is 9.09. The third kappa shape index (κ3) is 8.05. The van der Waals surface area contributed by atoms with Gasteiger partial charge >= 0.3 is 5.97 Å². The maximum Gasteiger partial charge on any atom is 0.313 e. The number of likely N-dealkylation sites (tertiary alicyclic amines) is 1. The van der Waals surface area contributed by atoms with Gasteiger partial charge in [-0.25, -0.2) is 0 Å². The van der Waals surface area contributed by atoms with Crippen molar-refractivity contribution in [2.45, 2.75) is 118 Å². The number of fused-ring (bicyclic) bond motifs is 1. The fourth-order valence-corrected chi connectivity index (χ4v) is 10.0. The Labute approximate surface area is 316 Å². The van der Waals surface area contributed by atoms with Gasteiger partial charge in [0.05, 0.1) is 43.2 Å². The van der Waals surface area contributed by atoms with Crippen molar-refractivity contribution in [3.05, 3.63) is 61.2 Å². The van der Waals surface area contributed by atoms with Crippen LogP contribution in [0.15, 0.2) is 55.6 Å². The largest absolute Gasteiger partial charge is 0.455 e. The monoisotopic (exact) mass is 785 g/mol. The van der Waals surface area contributed by atoms with E-state index >= 15 is 4.79 Å². The molecule has 9 atom stereocenters. The van der Waals surface area contributed by atoms with Crippen LogP contribution < -0.4 is 5.32 Å². The summed E-state index contributed by atoms with van der Waals surface area (Å²) in [7, 11) is 1.51. The van der Waals surface area contributed by atoms with E-state index in [-0.39, 0.29) is 54.1 Å². The van der Waals surface area contributed by atoms with Gasteiger partial charge in [0.2, 0.25) is 17.7 Å². The van der Waals surface area contributed by atoms with E-state index in [4.69, 9.17) is 14.2 Å². The lowest BCUT2D eigenvalue weighted by molar-refractivity contribution is -0.163. The molecule has 1 aromatic carbocycles. The van der Waals surface area contributed by atoms with Crippen molar-refractivity contribution in [1.82, 2.24) is 15.1 Å². The van der Waals surface area contributed by atoms with E-state index in [1.54, 1.807) is 17.1 Å². The minimum atomic E-state index is -1.32. The Hall–Kier alpha value is -3.06. The van der Waals surface area contributed by atoms with Crippen LogP contribution in [0.5, 0.6) is 0 Å². The van der Waals surface area contributed by atoms with Crippen molar-refractivity contribution in [1.29, 1.82) is 0 Å². The molecule has 52 heavy (non-hydrogen) atoms. The molecule has 11 nitrogen and oxygen atoms in total. The smallest absolute Gasteiger partial charge is 0.313 e. The second-order valence-electron chi connectivity index (χ2n) is 15.2. The number of alkyl halides is 1. The molecular weight excluding hydrogens is 730 g/mol. The van der Waals surface area contributed by atoms with Gasteiger partial charge in [0, 0.05) is 30.9 Å². The van der Waals surface area contributed by atoms with Crippen molar-refractivity contribution in [2.75, 3.05) is 26.9 Å². The van der Waals surface area contributed by atoms with Crippen molar-refractivity contribution < 1.29 is 38.5 Å². The average molecular weight is 787 g/mol. The van der Waals surface area contributed by atoms with E-state index in [0.29, 0.717) is 31.4 Å². The molecule has 0 aromatic heterocycles. The van der Waals surface area contributed by atoms with Crippen LogP contribution in [0.4, 0.5) is 0 Å². The molecule has 2 N–H and O–H groups in total. The van der Waals surface area contributed by atoms with E-state index in [1.807, 2.05) is 49.1 Å². The zero-order chi connectivity index (χ0) is 37.6. The van der Waals surface area contributed by atoms with Gasteiger partial charge in [-0.05, 0) is 43.6 Å². The molecule has 1 saturated carbocycles. The van der Waals surface area contributed by atoms with Crippen LogP contribution in [-0.2, 0) is 33.4 Å². The molecule has 1 aromatic rings.